The lowest BCUT2D eigenvalue weighted by Crippen LogP contribution is -2.16. The molecule has 0 aromatic heterocycles. The van der Waals surface area contributed by atoms with Gasteiger partial charge in [0, 0.05) is 0 Å². The third kappa shape index (κ3) is 3.82. The second-order valence-electron chi connectivity index (χ2n) is 4.63. The number of carboxylic acid groups (broad SMARTS) is 1. The Morgan fingerprint density at radius 1 is 1.10 bits per heavy atom. The van der Waals surface area contributed by atoms with E-state index in [-0.39, 0.29) is 17.0 Å². The van der Waals surface area contributed by atoms with Crippen molar-refractivity contribution in [1.82, 2.24) is 0 Å². The minimum atomic E-state index is -3.60. The maximum Gasteiger partial charge on any atom is 0.336 e. The van der Waals surface area contributed by atoms with E-state index in [9.17, 15) is 13.2 Å². The Morgan fingerprint density at radius 3 is 2.38 bits per heavy atom. The molecular formula is C15H15NO4S. The van der Waals surface area contributed by atoms with Crippen molar-refractivity contribution in [1.29, 1.82) is 0 Å². The smallest absolute Gasteiger partial charge is 0.336 e. The molecule has 0 atom stereocenters. The first-order valence-electron chi connectivity index (χ1n) is 6.26. The first-order chi connectivity index (χ1) is 9.89. The minimum absolute atomic E-state index is 0.0786. The fraction of sp³-hybridized carbons (Fsp3) is 0.133. The van der Waals surface area contributed by atoms with E-state index in [1.165, 1.54) is 12.1 Å². The van der Waals surface area contributed by atoms with Crippen molar-refractivity contribution in [2.75, 3.05) is 4.72 Å². The molecule has 0 aliphatic heterocycles. The van der Waals surface area contributed by atoms with Crippen LogP contribution in [0, 0.1) is 6.92 Å². The molecular weight excluding hydrogens is 290 g/mol. The molecule has 2 N–H and O–H groups in total. The van der Waals surface area contributed by atoms with Crippen LogP contribution in [0.15, 0.2) is 48.5 Å². The zero-order valence-corrected chi connectivity index (χ0v) is 12.2. The number of carbonyl (C=O) groups is 1. The molecule has 110 valence electrons. The molecule has 0 aliphatic carbocycles. The predicted molar refractivity (Wildman–Crippen MR) is 80.8 cm³/mol. The van der Waals surface area contributed by atoms with Crippen LogP contribution in [0.5, 0.6) is 0 Å². The van der Waals surface area contributed by atoms with Crippen molar-refractivity contribution in [3.63, 3.8) is 0 Å². The summed E-state index contributed by atoms with van der Waals surface area (Å²) in [5.41, 5.74) is 1.42. The summed E-state index contributed by atoms with van der Waals surface area (Å²) in [6.45, 7) is 1.57. The molecule has 0 aliphatic rings. The highest BCUT2D eigenvalue weighted by molar-refractivity contribution is 7.91. The molecule has 0 unspecified atom stereocenters. The third-order valence-corrected chi connectivity index (χ3v) is 4.27. The maximum atomic E-state index is 12.1. The minimum Gasteiger partial charge on any atom is -0.478 e. The summed E-state index contributed by atoms with van der Waals surface area (Å²) in [5.74, 6) is -1.25. The topological polar surface area (TPSA) is 83.5 Å². The van der Waals surface area contributed by atoms with Crippen LogP contribution in [0.25, 0.3) is 0 Å². The van der Waals surface area contributed by atoms with Crippen LogP contribution < -0.4 is 4.72 Å². The van der Waals surface area contributed by atoms with E-state index in [4.69, 9.17) is 5.11 Å². The third-order valence-electron chi connectivity index (χ3n) is 3.03. The van der Waals surface area contributed by atoms with Gasteiger partial charge < -0.3 is 5.11 Å². The number of carboxylic acids is 1. The molecule has 0 saturated heterocycles. The Bertz CT molecular complexity index is 754. The number of rotatable bonds is 5. The van der Waals surface area contributed by atoms with E-state index >= 15 is 0 Å². The van der Waals surface area contributed by atoms with Crippen molar-refractivity contribution in [2.45, 2.75) is 12.7 Å². The lowest BCUT2D eigenvalue weighted by Gasteiger charge is -2.12. The Labute approximate surface area is 123 Å². The van der Waals surface area contributed by atoms with E-state index in [0.29, 0.717) is 11.1 Å². The number of aromatic carboxylic acids is 1. The Kier molecular flexibility index (Phi) is 4.28. The number of nitrogens with one attached hydrogen (secondary N) is 1. The average Bonchev–Trinajstić information content (AvgIpc) is 2.41. The molecule has 0 heterocycles. The molecule has 6 heteroatoms. The maximum absolute atomic E-state index is 12.1. The first-order valence-corrected chi connectivity index (χ1v) is 7.91. The van der Waals surface area contributed by atoms with Crippen LogP contribution in [0.3, 0.4) is 0 Å². The molecule has 0 saturated carbocycles. The number of anilines is 1. The number of sulfonamides is 1. The van der Waals surface area contributed by atoms with E-state index in [0.717, 1.165) is 0 Å². The number of hydrogen-bond acceptors (Lipinski definition) is 3. The van der Waals surface area contributed by atoms with E-state index < -0.39 is 16.0 Å². The summed E-state index contributed by atoms with van der Waals surface area (Å²) in [6.07, 6.45) is 0. The van der Waals surface area contributed by atoms with E-state index in [1.807, 2.05) is 6.07 Å². The Morgan fingerprint density at radius 2 is 1.76 bits per heavy atom. The average molecular weight is 305 g/mol. The molecule has 2 aromatic carbocycles. The molecule has 2 aromatic rings. The van der Waals surface area contributed by atoms with Gasteiger partial charge in [0.2, 0.25) is 10.0 Å². The van der Waals surface area contributed by atoms with Crippen molar-refractivity contribution >= 4 is 21.7 Å². The molecule has 0 fully saturated rings. The molecule has 0 bridgehead atoms. The molecule has 0 spiro atoms. The van der Waals surface area contributed by atoms with Crippen LogP contribution in [0.1, 0.15) is 21.5 Å². The van der Waals surface area contributed by atoms with Crippen molar-refractivity contribution in [3.8, 4) is 0 Å². The summed E-state index contributed by atoms with van der Waals surface area (Å²) in [7, 11) is -3.60. The summed E-state index contributed by atoms with van der Waals surface area (Å²) >= 11 is 0. The van der Waals surface area contributed by atoms with Crippen LogP contribution in [0.2, 0.25) is 0 Å². The van der Waals surface area contributed by atoms with Crippen LogP contribution in [-0.2, 0) is 15.8 Å². The first kappa shape index (κ1) is 15.1. The largest absolute Gasteiger partial charge is 0.478 e. The van der Waals surface area contributed by atoms with Gasteiger partial charge in [0.1, 0.15) is 0 Å². The van der Waals surface area contributed by atoms with Gasteiger partial charge in [0.15, 0.2) is 0 Å². The van der Waals surface area contributed by atoms with Gasteiger partial charge in [0.25, 0.3) is 0 Å². The van der Waals surface area contributed by atoms with Gasteiger partial charge in [-0.25, -0.2) is 13.2 Å². The zero-order valence-electron chi connectivity index (χ0n) is 11.4. The summed E-state index contributed by atoms with van der Waals surface area (Å²) in [6, 6.07) is 13.3. The highest BCUT2D eigenvalue weighted by Crippen LogP contribution is 2.21. The summed E-state index contributed by atoms with van der Waals surface area (Å²) in [4.78, 5) is 11.1. The van der Waals surface area contributed by atoms with Gasteiger partial charge in [-0.1, -0.05) is 36.4 Å². The molecule has 0 amide bonds. The van der Waals surface area contributed by atoms with Crippen molar-refractivity contribution < 1.29 is 18.3 Å². The lowest BCUT2D eigenvalue weighted by molar-refractivity contribution is 0.0696. The van der Waals surface area contributed by atoms with E-state index in [2.05, 4.69) is 4.72 Å². The number of benzene rings is 2. The normalized spacial score (nSPS) is 11.1. The highest BCUT2D eigenvalue weighted by atomic mass is 32.2. The molecule has 21 heavy (non-hydrogen) atoms. The standard InChI is InChI=1S/C15H15NO4S/c1-11-13(15(17)18)8-5-9-14(11)16-21(19,20)10-12-6-3-2-4-7-12/h2-9,16H,10H2,1H3,(H,17,18). The van der Waals surface area contributed by atoms with Crippen LogP contribution in [0.4, 0.5) is 5.69 Å². The van der Waals surface area contributed by atoms with Gasteiger partial charge in [-0.15, -0.1) is 0 Å². The predicted octanol–water partition coefficient (Wildman–Crippen LogP) is 2.64. The van der Waals surface area contributed by atoms with Crippen molar-refractivity contribution in [2.24, 2.45) is 0 Å². The zero-order chi connectivity index (χ0) is 15.5. The van der Waals surface area contributed by atoms with Gasteiger partial charge in [0.05, 0.1) is 17.0 Å². The molecule has 5 nitrogen and oxygen atoms in total. The lowest BCUT2D eigenvalue weighted by atomic mass is 10.1. The fourth-order valence-electron chi connectivity index (χ4n) is 1.98. The van der Waals surface area contributed by atoms with Gasteiger partial charge in [-0.2, -0.15) is 0 Å². The molecule has 2 rings (SSSR count). The Hall–Kier alpha value is -2.34. The number of hydrogen-bond donors (Lipinski definition) is 2. The van der Waals surface area contributed by atoms with Crippen LogP contribution >= 0.6 is 0 Å². The van der Waals surface area contributed by atoms with Gasteiger partial charge in [-0.3, -0.25) is 4.72 Å². The van der Waals surface area contributed by atoms with Gasteiger partial charge in [-0.05, 0) is 30.2 Å². The van der Waals surface area contributed by atoms with Gasteiger partial charge >= 0.3 is 5.97 Å². The second kappa shape index (κ2) is 5.97. The summed E-state index contributed by atoms with van der Waals surface area (Å²) in [5, 5.41) is 9.05. The highest BCUT2D eigenvalue weighted by Gasteiger charge is 2.16. The quantitative estimate of drug-likeness (QED) is 0.889. The SMILES string of the molecule is Cc1c(NS(=O)(=O)Cc2ccccc2)cccc1C(=O)O. The second-order valence-corrected chi connectivity index (χ2v) is 6.35. The fourth-order valence-corrected chi connectivity index (χ4v) is 3.23. The van der Waals surface area contributed by atoms with Crippen molar-refractivity contribution in [3.05, 3.63) is 65.2 Å². The van der Waals surface area contributed by atoms with Crippen LogP contribution in [-0.4, -0.2) is 19.5 Å². The molecule has 0 radical (unpaired) electrons. The monoisotopic (exact) mass is 305 g/mol. The Balaban J connectivity index is 2.25. The van der Waals surface area contributed by atoms with E-state index in [1.54, 1.807) is 37.3 Å². The summed E-state index contributed by atoms with van der Waals surface area (Å²) < 4.78 is 26.7.